The molecule has 0 spiro atoms. The number of anilines is 1. The molecule has 0 radical (unpaired) electrons. The van der Waals surface area contributed by atoms with Crippen LogP contribution in [0.1, 0.15) is 55.5 Å². The van der Waals surface area contributed by atoms with E-state index in [0.717, 1.165) is 30.8 Å². The molecule has 1 amide bonds. The fourth-order valence-electron chi connectivity index (χ4n) is 3.30. The van der Waals surface area contributed by atoms with Crippen LogP contribution in [0.5, 0.6) is 0 Å². The van der Waals surface area contributed by atoms with Gasteiger partial charge in [-0.15, -0.1) is 11.3 Å². The number of amides is 1. The summed E-state index contributed by atoms with van der Waals surface area (Å²) in [4.78, 5) is 18.1. The lowest BCUT2D eigenvalue weighted by Gasteiger charge is -2.27. The maximum absolute atomic E-state index is 12.1. The van der Waals surface area contributed by atoms with Crippen molar-refractivity contribution >= 4 is 22.4 Å². The quantitative estimate of drug-likeness (QED) is 0.900. The Balaban J connectivity index is 1.57. The summed E-state index contributed by atoms with van der Waals surface area (Å²) in [5.41, 5.74) is 7.31. The Labute approximate surface area is 124 Å². The van der Waals surface area contributed by atoms with Gasteiger partial charge in [0, 0.05) is 17.3 Å². The minimum atomic E-state index is 0.0819. The highest BCUT2D eigenvalue weighted by Crippen LogP contribution is 2.30. The first-order valence-electron chi connectivity index (χ1n) is 7.76. The monoisotopic (exact) mass is 293 g/mol. The van der Waals surface area contributed by atoms with Crippen LogP contribution in [-0.2, 0) is 17.6 Å². The van der Waals surface area contributed by atoms with Gasteiger partial charge >= 0.3 is 0 Å². The zero-order chi connectivity index (χ0) is 13.9. The molecule has 1 fully saturated rings. The van der Waals surface area contributed by atoms with Crippen LogP contribution in [-0.4, -0.2) is 16.9 Å². The van der Waals surface area contributed by atoms with Crippen molar-refractivity contribution in [2.45, 2.75) is 63.8 Å². The number of aromatic nitrogens is 1. The number of fused-ring (bicyclic) bond motifs is 1. The number of carbonyl (C=O) groups excluding carboxylic acids is 1. The molecule has 1 heterocycles. The van der Waals surface area contributed by atoms with Crippen molar-refractivity contribution in [1.29, 1.82) is 0 Å². The lowest BCUT2D eigenvalue weighted by atomic mass is 9.83. The number of hydrogen-bond donors (Lipinski definition) is 2. The molecular weight excluding hydrogens is 270 g/mol. The van der Waals surface area contributed by atoms with Gasteiger partial charge < -0.3 is 11.1 Å². The van der Waals surface area contributed by atoms with Crippen molar-refractivity contribution in [2.24, 2.45) is 11.7 Å². The lowest BCUT2D eigenvalue weighted by Crippen LogP contribution is -2.35. The summed E-state index contributed by atoms with van der Waals surface area (Å²) in [6.07, 6.45) is 9.76. The molecule has 2 atom stereocenters. The van der Waals surface area contributed by atoms with Crippen molar-refractivity contribution in [3.63, 3.8) is 0 Å². The van der Waals surface area contributed by atoms with Crippen molar-refractivity contribution in [3.8, 4) is 0 Å². The summed E-state index contributed by atoms with van der Waals surface area (Å²) >= 11 is 1.65. The van der Waals surface area contributed by atoms with E-state index >= 15 is 0 Å². The highest BCUT2D eigenvalue weighted by atomic mass is 32.1. The Morgan fingerprint density at radius 2 is 2.05 bits per heavy atom. The van der Waals surface area contributed by atoms with Crippen LogP contribution < -0.4 is 11.1 Å². The molecule has 3 N–H and O–H groups in total. The van der Waals surface area contributed by atoms with E-state index in [4.69, 9.17) is 5.73 Å². The van der Waals surface area contributed by atoms with Crippen LogP contribution in [0.25, 0.3) is 0 Å². The predicted octanol–water partition coefficient (Wildman–Crippen LogP) is 2.87. The number of thiazole rings is 1. The Morgan fingerprint density at radius 1 is 1.25 bits per heavy atom. The number of nitrogens with zero attached hydrogens (tertiary/aromatic N) is 1. The first kappa shape index (κ1) is 14.0. The van der Waals surface area contributed by atoms with Gasteiger partial charge in [0.05, 0.1) is 5.69 Å². The van der Waals surface area contributed by atoms with E-state index in [0.29, 0.717) is 12.3 Å². The first-order chi connectivity index (χ1) is 9.72. The summed E-state index contributed by atoms with van der Waals surface area (Å²) in [5, 5.41) is 3.76. The standard InChI is InChI=1S/C15H23N3OS/c16-11-6-2-1-5-10(11)9-14(19)18-15-17-12-7-3-4-8-13(12)20-15/h10-11H,1-9,16H2,(H,17,18,19). The molecule has 0 saturated heterocycles. The molecule has 0 bridgehead atoms. The van der Waals surface area contributed by atoms with Crippen LogP contribution in [0, 0.1) is 5.92 Å². The Bertz CT molecular complexity index is 462. The Hall–Kier alpha value is -0.940. The molecular formula is C15H23N3OS. The van der Waals surface area contributed by atoms with Crippen molar-refractivity contribution in [3.05, 3.63) is 10.6 Å². The average Bonchev–Trinajstić information content (AvgIpc) is 2.83. The zero-order valence-corrected chi connectivity index (χ0v) is 12.7. The van der Waals surface area contributed by atoms with Gasteiger partial charge in [-0.1, -0.05) is 12.8 Å². The number of aryl methyl sites for hydroxylation is 2. The summed E-state index contributed by atoms with van der Waals surface area (Å²) < 4.78 is 0. The van der Waals surface area contributed by atoms with E-state index in [-0.39, 0.29) is 11.9 Å². The van der Waals surface area contributed by atoms with Crippen LogP contribution in [0.3, 0.4) is 0 Å². The first-order valence-corrected chi connectivity index (χ1v) is 8.58. The smallest absolute Gasteiger partial charge is 0.226 e. The minimum Gasteiger partial charge on any atom is -0.327 e. The predicted molar refractivity (Wildman–Crippen MR) is 81.9 cm³/mol. The maximum atomic E-state index is 12.1. The van der Waals surface area contributed by atoms with E-state index in [1.54, 1.807) is 11.3 Å². The lowest BCUT2D eigenvalue weighted by molar-refractivity contribution is -0.117. The third-order valence-corrected chi connectivity index (χ3v) is 5.58. The van der Waals surface area contributed by atoms with Crippen LogP contribution in [0.4, 0.5) is 5.13 Å². The fraction of sp³-hybridized carbons (Fsp3) is 0.733. The van der Waals surface area contributed by atoms with Gasteiger partial charge in [0.25, 0.3) is 0 Å². The van der Waals surface area contributed by atoms with Gasteiger partial charge in [0.15, 0.2) is 5.13 Å². The summed E-state index contributed by atoms with van der Waals surface area (Å²) in [6, 6.07) is 0.194. The van der Waals surface area contributed by atoms with Gasteiger partial charge in [-0.05, 0) is 44.4 Å². The highest BCUT2D eigenvalue weighted by Gasteiger charge is 2.25. The molecule has 1 saturated carbocycles. The topological polar surface area (TPSA) is 68.0 Å². The number of rotatable bonds is 3. The van der Waals surface area contributed by atoms with Crippen molar-refractivity contribution < 1.29 is 4.79 Å². The van der Waals surface area contributed by atoms with Crippen molar-refractivity contribution in [2.75, 3.05) is 5.32 Å². The van der Waals surface area contributed by atoms with Gasteiger partial charge in [-0.2, -0.15) is 0 Å². The molecule has 4 nitrogen and oxygen atoms in total. The van der Waals surface area contributed by atoms with Gasteiger partial charge in [-0.3, -0.25) is 4.79 Å². The summed E-state index contributed by atoms with van der Waals surface area (Å²) in [5.74, 6) is 0.428. The molecule has 3 rings (SSSR count). The molecule has 2 aliphatic carbocycles. The molecule has 2 unspecified atom stereocenters. The van der Waals surface area contributed by atoms with E-state index in [2.05, 4.69) is 10.3 Å². The number of nitrogens with two attached hydrogens (primary N) is 1. The molecule has 0 aromatic carbocycles. The molecule has 5 heteroatoms. The average molecular weight is 293 g/mol. The van der Waals surface area contributed by atoms with Gasteiger partial charge in [-0.25, -0.2) is 4.98 Å². The van der Waals surface area contributed by atoms with E-state index in [1.807, 2.05) is 0 Å². The van der Waals surface area contributed by atoms with E-state index in [9.17, 15) is 4.79 Å². The van der Waals surface area contributed by atoms with E-state index < -0.39 is 0 Å². The third kappa shape index (κ3) is 3.20. The Morgan fingerprint density at radius 3 is 2.85 bits per heavy atom. The summed E-state index contributed by atoms with van der Waals surface area (Å²) in [6.45, 7) is 0. The number of carbonyl (C=O) groups is 1. The second-order valence-electron chi connectivity index (χ2n) is 6.06. The van der Waals surface area contributed by atoms with Crippen LogP contribution in [0.15, 0.2) is 0 Å². The largest absolute Gasteiger partial charge is 0.327 e. The normalized spacial score (nSPS) is 26.1. The maximum Gasteiger partial charge on any atom is 0.226 e. The van der Waals surface area contributed by atoms with E-state index in [1.165, 1.54) is 36.3 Å². The molecule has 0 aliphatic heterocycles. The summed E-state index contributed by atoms with van der Waals surface area (Å²) in [7, 11) is 0. The van der Waals surface area contributed by atoms with Crippen LogP contribution >= 0.6 is 11.3 Å². The fourth-order valence-corrected chi connectivity index (χ4v) is 4.37. The second-order valence-corrected chi connectivity index (χ2v) is 7.14. The molecule has 1 aromatic rings. The molecule has 2 aliphatic rings. The third-order valence-electron chi connectivity index (χ3n) is 4.51. The second kappa shape index (κ2) is 6.22. The zero-order valence-electron chi connectivity index (χ0n) is 11.9. The Kier molecular flexibility index (Phi) is 4.36. The SMILES string of the molecule is NC1CCCCC1CC(=O)Nc1nc2c(s1)CCCC2. The highest BCUT2D eigenvalue weighted by molar-refractivity contribution is 7.15. The molecule has 110 valence electrons. The van der Waals surface area contributed by atoms with Crippen molar-refractivity contribution in [1.82, 2.24) is 4.98 Å². The minimum absolute atomic E-state index is 0.0819. The molecule has 20 heavy (non-hydrogen) atoms. The van der Waals surface area contributed by atoms with Gasteiger partial charge in [0.1, 0.15) is 0 Å². The van der Waals surface area contributed by atoms with Gasteiger partial charge in [0.2, 0.25) is 5.91 Å². The van der Waals surface area contributed by atoms with Crippen LogP contribution in [0.2, 0.25) is 0 Å². The number of nitrogens with one attached hydrogen (secondary N) is 1. The molecule has 1 aromatic heterocycles. The number of hydrogen-bond acceptors (Lipinski definition) is 4.